The lowest BCUT2D eigenvalue weighted by molar-refractivity contribution is 0.568. The van der Waals surface area contributed by atoms with Crippen LogP contribution in [0.15, 0.2) is 87.2 Å². The van der Waals surface area contributed by atoms with Gasteiger partial charge in [0.15, 0.2) is 5.65 Å². The minimum Gasteiger partial charge on any atom is -0.472 e. The fraction of sp³-hybridized carbons (Fsp3) is 0.0435. The first-order chi connectivity index (χ1) is 15.4. The maximum atomic E-state index is 14.1. The molecule has 0 aliphatic carbocycles. The number of fused-ring (bicyclic) bond motifs is 1. The van der Waals surface area contributed by atoms with E-state index in [0.717, 1.165) is 5.56 Å². The molecule has 0 amide bonds. The summed E-state index contributed by atoms with van der Waals surface area (Å²) in [6.07, 6.45) is 5.77. The second-order valence-corrected chi connectivity index (χ2v) is 9.91. The SMILES string of the molecule is Cc1ccc(S(=O)(=O)n2c(-c3ccoc3)c(-c3ccnc(F)c3)c3cc(Br)cnc32)cc1. The molecule has 0 bridgehead atoms. The zero-order valence-electron chi connectivity index (χ0n) is 16.7. The third-order valence-electron chi connectivity index (χ3n) is 5.10. The van der Waals surface area contributed by atoms with E-state index in [2.05, 4.69) is 25.9 Å². The van der Waals surface area contributed by atoms with Crippen LogP contribution in [0.3, 0.4) is 0 Å². The molecule has 4 heterocycles. The number of rotatable bonds is 4. The van der Waals surface area contributed by atoms with Crippen molar-refractivity contribution in [2.24, 2.45) is 0 Å². The van der Waals surface area contributed by atoms with Crippen LogP contribution < -0.4 is 0 Å². The van der Waals surface area contributed by atoms with Gasteiger partial charge < -0.3 is 4.42 Å². The first kappa shape index (κ1) is 20.6. The van der Waals surface area contributed by atoms with Crippen molar-refractivity contribution >= 4 is 37.0 Å². The zero-order valence-corrected chi connectivity index (χ0v) is 19.1. The van der Waals surface area contributed by atoms with Crippen molar-refractivity contribution in [2.45, 2.75) is 11.8 Å². The lowest BCUT2D eigenvalue weighted by Gasteiger charge is -2.12. The summed E-state index contributed by atoms with van der Waals surface area (Å²) in [6, 6.07) is 12.9. The summed E-state index contributed by atoms with van der Waals surface area (Å²) >= 11 is 3.41. The van der Waals surface area contributed by atoms with Crippen LogP contribution in [0.1, 0.15) is 5.56 Å². The van der Waals surface area contributed by atoms with E-state index in [-0.39, 0.29) is 10.5 Å². The molecule has 4 aromatic heterocycles. The summed E-state index contributed by atoms with van der Waals surface area (Å²) in [5.41, 5.74) is 2.97. The van der Waals surface area contributed by atoms with Crippen molar-refractivity contribution in [3.63, 3.8) is 0 Å². The van der Waals surface area contributed by atoms with Gasteiger partial charge in [-0.15, -0.1) is 0 Å². The van der Waals surface area contributed by atoms with Crippen LogP contribution in [-0.2, 0) is 10.0 Å². The molecule has 0 fully saturated rings. The van der Waals surface area contributed by atoms with Crippen molar-refractivity contribution in [3.05, 3.63) is 89.4 Å². The van der Waals surface area contributed by atoms with Crippen LogP contribution in [0.4, 0.5) is 4.39 Å². The van der Waals surface area contributed by atoms with E-state index in [9.17, 15) is 12.8 Å². The number of hydrogen-bond donors (Lipinski definition) is 0. The number of halogens is 2. The van der Waals surface area contributed by atoms with E-state index in [1.807, 2.05) is 6.92 Å². The molecular formula is C23H15BrFN3O3S. The Labute approximate surface area is 191 Å². The van der Waals surface area contributed by atoms with Gasteiger partial charge in [-0.2, -0.15) is 4.39 Å². The topological polar surface area (TPSA) is 78.0 Å². The monoisotopic (exact) mass is 511 g/mol. The minimum atomic E-state index is -4.06. The third kappa shape index (κ3) is 3.34. The molecule has 0 spiro atoms. The molecule has 0 aliphatic rings. The zero-order chi connectivity index (χ0) is 22.5. The number of benzene rings is 1. The lowest BCUT2D eigenvalue weighted by atomic mass is 10.0. The fourth-order valence-corrected chi connectivity index (χ4v) is 5.51. The molecule has 1 aromatic carbocycles. The van der Waals surface area contributed by atoms with Crippen molar-refractivity contribution < 1.29 is 17.2 Å². The fourth-order valence-electron chi connectivity index (χ4n) is 3.67. The Balaban J connectivity index is 1.96. The second kappa shape index (κ2) is 7.68. The molecule has 32 heavy (non-hydrogen) atoms. The standard InChI is InChI=1S/C23H15BrFN3O3S/c1-14-2-4-18(5-3-14)32(29,30)28-22(16-7-9-31-13-16)21(15-6-8-26-20(25)10-15)19-11-17(24)12-27-23(19)28/h2-13H,1H3. The summed E-state index contributed by atoms with van der Waals surface area (Å²) in [6.45, 7) is 1.88. The predicted molar refractivity (Wildman–Crippen MR) is 122 cm³/mol. The summed E-state index contributed by atoms with van der Waals surface area (Å²) < 4.78 is 48.9. The summed E-state index contributed by atoms with van der Waals surface area (Å²) in [4.78, 5) is 8.17. The van der Waals surface area contributed by atoms with Crippen molar-refractivity contribution in [1.29, 1.82) is 0 Å². The van der Waals surface area contributed by atoms with E-state index in [1.54, 1.807) is 42.5 Å². The number of hydrogen-bond acceptors (Lipinski definition) is 5. The first-order valence-corrected chi connectivity index (χ1v) is 11.8. The Morgan fingerprint density at radius 2 is 1.81 bits per heavy atom. The van der Waals surface area contributed by atoms with E-state index >= 15 is 0 Å². The van der Waals surface area contributed by atoms with Gasteiger partial charge in [-0.3, -0.25) is 0 Å². The van der Waals surface area contributed by atoms with Gasteiger partial charge in [0.25, 0.3) is 10.0 Å². The summed E-state index contributed by atoms with van der Waals surface area (Å²) in [7, 11) is -4.06. The third-order valence-corrected chi connectivity index (χ3v) is 7.24. The molecule has 160 valence electrons. The Kier molecular flexibility index (Phi) is 4.94. The van der Waals surface area contributed by atoms with Gasteiger partial charge in [0.1, 0.15) is 0 Å². The molecule has 0 unspecified atom stereocenters. The minimum absolute atomic E-state index is 0.113. The average Bonchev–Trinajstić information content (AvgIpc) is 3.40. The lowest BCUT2D eigenvalue weighted by Crippen LogP contribution is -2.14. The Morgan fingerprint density at radius 1 is 1.03 bits per heavy atom. The molecule has 6 nitrogen and oxygen atoms in total. The maximum Gasteiger partial charge on any atom is 0.269 e. The van der Waals surface area contributed by atoms with E-state index in [0.29, 0.717) is 32.2 Å². The van der Waals surface area contributed by atoms with Gasteiger partial charge in [-0.05, 0) is 58.7 Å². The first-order valence-electron chi connectivity index (χ1n) is 9.53. The predicted octanol–water partition coefficient (Wildman–Crippen LogP) is 5.81. The van der Waals surface area contributed by atoms with Crippen molar-refractivity contribution in [1.82, 2.24) is 13.9 Å². The summed E-state index contributed by atoms with van der Waals surface area (Å²) in [5.74, 6) is -0.675. The quantitative estimate of drug-likeness (QED) is 0.284. The number of nitrogens with zero attached hydrogens (tertiary/aromatic N) is 3. The van der Waals surface area contributed by atoms with Crippen LogP contribution in [0.5, 0.6) is 0 Å². The average molecular weight is 512 g/mol. The Bertz CT molecular complexity index is 1560. The van der Waals surface area contributed by atoms with Crippen molar-refractivity contribution in [2.75, 3.05) is 0 Å². The van der Waals surface area contributed by atoms with Gasteiger partial charge >= 0.3 is 0 Å². The van der Waals surface area contributed by atoms with Gasteiger partial charge in [0.2, 0.25) is 5.95 Å². The number of aromatic nitrogens is 3. The highest BCUT2D eigenvalue weighted by atomic mass is 79.9. The second-order valence-electron chi connectivity index (χ2n) is 7.21. The normalized spacial score (nSPS) is 11.8. The molecule has 9 heteroatoms. The number of pyridine rings is 2. The van der Waals surface area contributed by atoms with Gasteiger partial charge in [-0.25, -0.2) is 22.4 Å². The molecule has 0 radical (unpaired) electrons. The Hall–Kier alpha value is -3.30. The van der Waals surface area contributed by atoms with E-state index in [4.69, 9.17) is 4.42 Å². The van der Waals surface area contributed by atoms with Crippen molar-refractivity contribution in [3.8, 4) is 22.4 Å². The van der Waals surface area contributed by atoms with Gasteiger partial charge in [0, 0.05) is 39.4 Å². The molecule has 0 N–H and O–H groups in total. The van der Waals surface area contributed by atoms with Crippen LogP contribution >= 0.6 is 15.9 Å². The smallest absolute Gasteiger partial charge is 0.269 e. The van der Waals surface area contributed by atoms with Crippen LogP contribution in [0, 0.1) is 12.9 Å². The largest absolute Gasteiger partial charge is 0.472 e. The molecule has 0 saturated heterocycles. The van der Waals surface area contributed by atoms with Crippen LogP contribution in [0.25, 0.3) is 33.4 Å². The molecule has 5 aromatic rings. The van der Waals surface area contributed by atoms with E-state index in [1.165, 1.54) is 35.0 Å². The Morgan fingerprint density at radius 3 is 2.50 bits per heavy atom. The van der Waals surface area contributed by atoms with Gasteiger partial charge in [0.05, 0.1) is 23.1 Å². The highest BCUT2D eigenvalue weighted by Crippen LogP contribution is 2.43. The van der Waals surface area contributed by atoms with Crippen LogP contribution in [-0.4, -0.2) is 22.4 Å². The van der Waals surface area contributed by atoms with Crippen LogP contribution in [0.2, 0.25) is 0 Å². The highest BCUT2D eigenvalue weighted by molar-refractivity contribution is 9.10. The highest BCUT2D eigenvalue weighted by Gasteiger charge is 2.30. The van der Waals surface area contributed by atoms with E-state index < -0.39 is 16.0 Å². The molecule has 0 aliphatic heterocycles. The molecule has 5 rings (SSSR count). The summed E-state index contributed by atoms with van der Waals surface area (Å²) in [5, 5.41) is 0.539. The molecular weight excluding hydrogens is 497 g/mol. The maximum absolute atomic E-state index is 14.1. The molecule has 0 saturated carbocycles. The number of furan rings is 1. The molecule has 0 atom stereocenters. The number of aryl methyl sites for hydroxylation is 1. The van der Waals surface area contributed by atoms with Gasteiger partial charge in [-0.1, -0.05) is 17.7 Å².